The number of nitrogens with two attached hydrogens (primary N) is 1. The van der Waals surface area contributed by atoms with E-state index in [2.05, 4.69) is 31.1 Å². The zero-order valence-corrected chi connectivity index (χ0v) is 15.3. The van der Waals surface area contributed by atoms with E-state index >= 15 is 0 Å². The number of halogens is 1. The quantitative estimate of drug-likeness (QED) is 0.860. The fourth-order valence-electron chi connectivity index (χ4n) is 3.26. The summed E-state index contributed by atoms with van der Waals surface area (Å²) >= 11 is 1.52. The van der Waals surface area contributed by atoms with Crippen molar-refractivity contribution < 1.29 is 4.79 Å². The van der Waals surface area contributed by atoms with Crippen molar-refractivity contribution in [3.8, 4) is 0 Å². The van der Waals surface area contributed by atoms with E-state index in [1.807, 2.05) is 5.38 Å². The van der Waals surface area contributed by atoms with E-state index in [0.29, 0.717) is 30.0 Å². The Labute approximate surface area is 143 Å². The van der Waals surface area contributed by atoms with Crippen molar-refractivity contribution >= 4 is 29.7 Å². The van der Waals surface area contributed by atoms with E-state index in [4.69, 9.17) is 5.73 Å². The van der Waals surface area contributed by atoms with Crippen molar-refractivity contribution in [2.75, 3.05) is 6.54 Å². The Morgan fingerprint density at radius 1 is 1.50 bits per heavy atom. The van der Waals surface area contributed by atoms with Gasteiger partial charge in [0, 0.05) is 17.8 Å². The summed E-state index contributed by atoms with van der Waals surface area (Å²) < 4.78 is 0. The number of nitrogens with zero attached hydrogens (tertiary/aromatic N) is 1. The Bertz CT molecular complexity index is 478. The van der Waals surface area contributed by atoms with Crippen LogP contribution in [0.5, 0.6) is 0 Å². The van der Waals surface area contributed by atoms with Crippen LogP contribution in [-0.4, -0.2) is 23.5 Å². The van der Waals surface area contributed by atoms with Crippen LogP contribution in [0.4, 0.5) is 0 Å². The molecule has 4 nitrogen and oxygen atoms in total. The first-order chi connectivity index (χ1) is 10.0. The van der Waals surface area contributed by atoms with Crippen LogP contribution in [0, 0.1) is 17.8 Å². The van der Waals surface area contributed by atoms with Crippen molar-refractivity contribution in [3.63, 3.8) is 0 Å². The predicted octanol–water partition coefficient (Wildman–Crippen LogP) is 3.26. The summed E-state index contributed by atoms with van der Waals surface area (Å²) in [6, 6.07) is 0.279. The van der Waals surface area contributed by atoms with Gasteiger partial charge in [-0.25, -0.2) is 4.98 Å². The number of hydrogen-bond donors (Lipinski definition) is 2. The van der Waals surface area contributed by atoms with Crippen LogP contribution in [0.3, 0.4) is 0 Å². The maximum absolute atomic E-state index is 12.4. The molecule has 0 aromatic carbocycles. The zero-order chi connectivity index (χ0) is 15.4. The average molecular weight is 346 g/mol. The molecule has 1 aromatic rings. The second-order valence-corrected chi connectivity index (χ2v) is 7.51. The molecular weight excluding hydrogens is 318 g/mol. The van der Waals surface area contributed by atoms with Crippen molar-refractivity contribution in [2.24, 2.45) is 23.5 Å². The van der Waals surface area contributed by atoms with Gasteiger partial charge in [-0.1, -0.05) is 27.2 Å². The number of aromatic nitrogens is 1. The predicted molar refractivity (Wildman–Crippen MR) is 94.7 cm³/mol. The number of thiazole rings is 1. The third-order valence-electron chi connectivity index (χ3n) is 4.48. The Hall–Kier alpha value is -0.650. The Morgan fingerprint density at radius 3 is 2.86 bits per heavy atom. The van der Waals surface area contributed by atoms with E-state index in [-0.39, 0.29) is 24.4 Å². The maximum atomic E-state index is 12.4. The average Bonchev–Trinajstić information content (AvgIpc) is 2.87. The maximum Gasteiger partial charge on any atom is 0.270 e. The minimum Gasteiger partial charge on any atom is -0.348 e. The molecule has 1 amide bonds. The Kier molecular flexibility index (Phi) is 7.80. The van der Waals surface area contributed by atoms with E-state index in [1.54, 1.807) is 0 Å². The normalized spacial score (nSPS) is 24.9. The molecule has 1 aliphatic rings. The molecule has 1 heterocycles. The third-order valence-corrected chi connectivity index (χ3v) is 5.39. The number of hydrogen-bond acceptors (Lipinski definition) is 4. The first kappa shape index (κ1) is 19.4. The first-order valence-electron chi connectivity index (χ1n) is 7.96. The second-order valence-electron chi connectivity index (χ2n) is 6.57. The molecule has 0 bridgehead atoms. The van der Waals surface area contributed by atoms with Gasteiger partial charge in [0.05, 0.1) is 5.01 Å². The number of amides is 1. The molecule has 1 aromatic heterocycles. The summed E-state index contributed by atoms with van der Waals surface area (Å²) in [5.41, 5.74) is 6.07. The molecule has 0 radical (unpaired) electrons. The smallest absolute Gasteiger partial charge is 0.270 e. The van der Waals surface area contributed by atoms with Crippen LogP contribution < -0.4 is 11.1 Å². The van der Waals surface area contributed by atoms with Gasteiger partial charge in [0.2, 0.25) is 0 Å². The summed E-state index contributed by atoms with van der Waals surface area (Å²) in [4.78, 5) is 16.8. The lowest BCUT2D eigenvalue weighted by Gasteiger charge is -2.37. The molecule has 2 rings (SSSR count). The van der Waals surface area contributed by atoms with Crippen LogP contribution in [-0.2, 0) is 6.42 Å². The molecule has 0 saturated heterocycles. The summed E-state index contributed by atoms with van der Waals surface area (Å²) in [6.45, 7) is 7.35. The van der Waals surface area contributed by atoms with Gasteiger partial charge in [0.15, 0.2) is 0 Å². The third kappa shape index (κ3) is 4.93. The fraction of sp³-hybridized carbons (Fsp3) is 0.750. The van der Waals surface area contributed by atoms with Crippen molar-refractivity contribution in [1.82, 2.24) is 10.3 Å². The lowest BCUT2D eigenvalue weighted by Crippen LogP contribution is -2.45. The second kappa shape index (κ2) is 8.85. The summed E-state index contributed by atoms with van der Waals surface area (Å²) in [6.07, 6.45) is 4.30. The minimum atomic E-state index is -0.0285. The molecule has 1 aliphatic carbocycles. The molecule has 6 heteroatoms. The van der Waals surface area contributed by atoms with Gasteiger partial charge in [-0.3, -0.25) is 4.79 Å². The van der Waals surface area contributed by atoms with Crippen molar-refractivity contribution in [2.45, 2.75) is 52.5 Å². The molecule has 0 aliphatic heterocycles. The van der Waals surface area contributed by atoms with Gasteiger partial charge < -0.3 is 11.1 Å². The topological polar surface area (TPSA) is 68.0 Å². The Balaban J connectivity index is 0.00000242. The summed E-state index contributed by atoms with van der Waals surface area (Å²) in [5.74, 6) is 1.84. The highest BCUT2D eigenvalue weighted by Gasteiger charge is 2.32. The lowest BCUT2D eigenvalue weighted by molar-refractivity contribution is 0.0863. The molecule has 1 fully saturated rings. The highest BCUT2D eigenvalue weighted by Crippen LogP contribution is 2.33. The molecule has 0 spiro atoms. The minimum absolute atomic E-state index is 0. The van der Waals surface area contributed by atoms with Crippen molar-refractivity contribution in [3.05, 3.63) is 16.1 Å². The summed E-state index contributed by atoms with van der Waals surface area (Å²) in [5, 5.41) is 6.02. The van der Waals surface area contributed by atoms with Gasteiger partial charge in [-0.15, -0.1) is 23.7 Å². The fourth-order valence-corrected chi connectivity index (χ4v) is 4.06. The van der Waals surface area contributed by atoms with E-state index in [0.717, 1.165) is 17.8 Å². The van der Waals surface area contributed by atoms with Gasteiger partial charge >= 0.3 is 0 Å². The summed E-state index contributed by atoms with van der Waals surface area (Å²) in [7, 11) is 0. The number of rotatable bonds is 5. The van der Waals surface area contributed by atoms with Gasteiger partial charge in [0.25, 0.3) is 5.91 Å². The van der Waals surface area contributed by atoms with Gasteiger partial charge in [-0.05, 0) is 37.1 Å². The van der Waals surface area contributed by atoms with E-state index < -0.39 is 0 Å². The van der Waals surface area contributed by atoms with Crippen molar-refractivity contribution in [1.29, 1.82) is 0 Å². The molecule has 126 valence electrons. The van der Waals surface area contributed by atoms with Gasteiger partial charge in [-0.2, -0.15) is 0 Å². The van der Waals surface area contributed by atoms with E-state index in [1.165, 1.54) is 24.2 Å². The van der Waals surface area contributed by atoms with Crippen LogP contribution >= 0.6 is 23.7 Å². The largest absolute Gasteiger partial charge is 0.348 e. The van der Waals surface area contributed by atoms with E-state index in [9.17, 15) is 4.79 Å². The molecular formula is C16H28ClN3OS. The van der Waals surface area contributed by atoms with Crippen LogP contribution in [0.25, 0.3) is 0 Å². The number of carbonyl (C=O) groups is 1. The molecule has 1 saturated carbocycles. The zero-order valence-electron chi connectivity index (χ0n) is 13.7. The molecule has 3 N–H and O–H groups in total. The number of nitrogens with one attached hydrogen (secondary N) is 1. The lowest BCUT2D eigenvalue weighted by atomic mass is 9.74. The van der Waals surface area contributed by atoms with Crippen LogP contribution in [0.2, 0.25) is 0 Å². The first-order valence-corrected chi connectivity index (χ1v) is 8.84. The van der Waals surface area contributed by atoms with Gasteiger partial charge in [0.1, 0.15) is 5.69 Å². The highest BCUT2D eigenvalue weighted by molar-refractivity contribution is 7.09. The molecule has 22 heavy (non-hydrogen) atoms. The van der Waals surface area contributed by atoms with Crippen LogP contribution in [0.1, 0.15) is 55.5 Å². The Morgan fingerprint density at radius 2 is 2.23 bits per heavy atom. The molecule has 3 unspecified atom stereocenters. The standard InChI is InChI=1S/C16H27N3OS.ClH/c1-10(2)12-5-4-11(3)8-13(12)19-16(20)14-9-21-15(18-14)6-7-17;/h9-13H,4-8,17H2,1-3H3,(H,19,20);1H. The molecule has 3 atom stereocenters. The number of carbonyl (C=O) groups excluding carboxylic acids is 1. The highest BCUT2D eigenvalue weighted by atomic mass is 35.5. The van der Waals surface area contributed by atoms with Crippen LogP contribution in [0.15, 0.2) is 5.38 Å². The monoisotopic (exact) mass is 345 g/mol. The SMILES string of the molecule is CC1CCC(C(C)C)C(NC(=O)c2csc(CCN)n2)C1.Cl.